The van der Waals surface area contributed by atoms with Crippen LogP contribution in [0.25, 0.3) is 0 Å². The van der Waals surface area contributed by atoms with Gasteiger partial charge in [0.2, 0.25) is 0 Å². The number of hydrogen-bond acceptors (Lipinski definition) is 2. The van der Waals surface area contributed by atoms with Crippen LogP contribution >= 0.6 is 11.8 Å². The fourth-order valence-electron chi connectivity index (χ4n) is 1.38. The van der Waals surface area contributed by atoms with Crippen molar-refractivity contribution >= 4 is 11.8 Å². The van der Waals surface area contributed by atoms with Crippen LogP contribution < -0.4 is 0 Å². The van der Waals surface area contributed by atoms with Gasteiger partial charge in [0.05, 0.1) is 6.10 Å². The fraction of sp³-hybridized carbons (Fsp3) is 1.00. The first-order valence-corrected chi connectivity index (χ1v) is 6.13. The van der Waals surface area contributed by atoms with Crippen LogP contribution in [0.15, 0.2) is 0 Å². The van der Waals surface area contributed by atoms with E-state index in [4.69, 9.17) is 0 Å². The van der Waals surface area contributed by atoms with Crippen LogP contribution in [0.3, 0.4) is 0 Å². The maximum atomic E-state index is 9.36. The van der Waals surface area contributed by atoms with Gasteiger partial charge in [-0.05, 0) is 37.2 Å². The Labute approximate surface area is 80.9 Å². The number of aliphatic hydroxyl groups excluding tert-OH is 1. The lowest BCUT2D eigenvalue weighted by Crippen LogP contribution is -2.15. The molecule has 0 aromatic heterocycles. The lowest BCUT2D eigenvalue weighted by Gasteiger charge is -2.17. The molecule has 0 saturated heterocycles. The molecular weight excluding hydrogens is 168 g/mol. The van der Waals surface area contributed by atoms with Crippen molar-refractivity contribution < 1.29 is 5.11 Å². The van der Waals surface area contributed by atoms with Crippen molar-refractivity contribution in [1.82, 2.24) is 0 Å². The second kappa shape index (κ2) is 7.93. The van der Waals surface area contributed by atoms with E-state index in [9.17, 15) is 5.11 Å². The molecule has 0 saturated carbocycles. The standard InChI is InChI=1S/C10H22OS/c1-4-10(9(3)11)7-6-8-12-5-2/h9-11H,4-8H2,1-3H3. The van der Waals surface area contributed by atoms with Gasteiger partial charge in [0.1, 0.15) is 0 Å². The lowest BCUT2D eigenvalue weighted by molar-refractivity contribution is 0.117. The minimum atomic E-state index is -0.123. The zero-order chi connectivity index (χ0) is 9.40. The number of thioether (sulfide) groups is 1. The molecule has 12 heavy (non-hydrogen) atoms. The summed E-state index contributed by atoms with van der Waals surface area (Å²) in [6.07, 6.45) is 3.42. The summed E-state index contributed by atoms with van der Waals surface area (Å²) in [5.41, 5.74) is 0. The lowest BCUT2D eigenvalue weighted by atomic mass is 9.96. The third-order valence-electron chi connectivity index (χ3n) is 2.27. The largest absolute Gasteiger partial charge is 0.393 e. The third kappa shape index (κ3) is 5.90. The zero-order valence-corrected chi connectivity index (χ0v) is 9.36. The van der Waals surface area contributed by atoms with Crippen LogP contribution in [0.4, 0.5) is 0 Å². The highest BCUT2D eigenvalue weighted by Crippen LogP contribution is 2.17. The summed E-state index contributed by atoms with van der Waals surface area (Å²) in [7, 11) is 0. The molecule has 1 N–H and O–H groups in total. The van der Waals surface area contributed by atoms with Gasteiger partial charge in [-0.15, -0.1) is 0 Å². The molecule has 2 heteroatoms. The number of rotatable bonds is 7. The molecule has 0 radical (unpaired) electrons. The Morgan fingerprint density at radius 2 is 2.00 bits per heavy atom. The van der Waals surface area contributed by atoms with Crippen molar-refractivity contribution in [2.45, 2.75) is 46.1 Å². The Kier molecular flexibility index (Phi) is 8.14. The molecule has 0 spiro atoms. The predicted octanol–water partition coefficient (Wildman–Crippen LogP) is 2.93. The second-order valence-corrected chi connectivity index (χ2v) is 4.64. The quantitative estimate of drug-likeness (QED) is 0.623. The first kappa shape index (κ1) is 12.3. The minimum Gasteiger partial charge on any atom is -0.393 e. The van der Waals surface area contributed by atoms with Crippen molar-refractivity contribution in [2.75, 3.05) is 11.5 Å². The molecular formula is C10H22OS. The van der Waals surface area contributed by atoms with Gasteiger partial charge in [-0.1, -0.05) is 20.3 Å². The summed E-state index contributed by atoms with van der Waals surface area (Å²) < 4.78 is 0. The average Bonchev–Trinajstić information content (AvgIpc) is 2.04. The topological polar surface area (TPSA) is 20.2 Å². The molecule has 0 amide bonds. The van der Waals surface area contributed by atoms with Crippen LogP contribution in [0, 0.1) is 5.92 Å². The summed E-state index contributed by atoms with van der Waals surface area (Å²) in [5.74, 6) is 2.98. The summed E-state index contributed by atoms with van der Waals surface area (Å²) >= 11 is 1.99. The van der Waals surface area contributed by atoms with Gasteiger partial charge >= 0.3 is 0 Å². The predicted molar refractivity (Wildman–Crippen MR) is 57.7 cm³/mol. The van der Waals surface area contributed by atoms with Crippen LogP contribution in [-0.2, 0) is 0 Å². The molecule has 0 heterocycles. The molecule has 0 aromatic carbocycles. The van der Waals surface area contributed by atoms with Crippen molar-refractivity contribution in [1.29, 1.82) is 0 Å². The van der Waals surface area contributed by atoms with Crippen molar-refractivity contribution in [3.05, 3.63) is 0 Å². The van der Waals surface area contributed by atoms with Gasteiger partial charge in [0.15, 0.2) is 0 Å². The average molecular weight is 190 g/mol. The normalized spacial score (nSPS) is 16.0. The zero-order valence-electron chi connectivity index (χ0n) is 8.55. The fourth-order valence-corrected chi connectivity index (χ4v) is 2.04. The van der Waals surface area contributed by atoms with Gasteiger partial charge in [0.25, 0.3) is 0 Å². The summed E-state index contributed by atoms with van der Waals surface area (Å²) in [5, 5.41) is 9.36. The molecule has 2 atom stereocenters. The van der Waals surface area contributed by atoms with Crippen LogP contribution in [0.2, 0.25) is 0 Å². The molecule has 0 aliphatic carbocycles. The van der Waals surface area contributed by atoms with E-state index in [1.165, 1.54) is 24.3 Å². The van der Waals surface area contributed by atoms with E-state index >= 15 is 0 Å². The Balaban J connectivity index is 3.32. The smallest absolute Gasteiger partial charge is 0.0540 e. The number of hydrogen-bond donors (Lipinski definition) is 1. The maximum absolute atomic E-state index is 9.36. The third-order valence-corrected chi connectivity index (χ3v) is 3.26. The van der Waals surface area contributed by atoms with E-state index in [1.54, 1.807) is 0 Å². The van der Waals surface area contributed by atoms with E-state index in [-0.39, 0.29) is 6.10 Å². The molecule has 74 valence electrons. The van der Waals surface area contributed by atoms with E-state index in [1.807, 2.05) is 18.7 Å². The molecule has 2 unspecified atom stereocenters. The second-order valence-electron chi connectivity index (χ2n) is 3.25. The Morgan fingerprint density at radius 3 is 2.42 bits per heavy atom. The highest BCUT2D eigenvalue weighted by molar-refractivity contribution is 7.99. The highest BCUT2D eigenvalue weighted by atomic mass is 32.2. The van der Waals surface area contributed by atoms with Gasteiger partial charge < -0.3 is 5.11 Å². The molecule has 0 fully saturated rings. The van der Waals surface area contributed by atoms with Gasteiger partial charge in [0, 0.05) is 0 Å². The van der Waals surface area contributed by atoms with Crippen LogP contribution in [0.1, 0.15) is 40.0 Å². The van der Waals surface area contributed by atoms with E-state index in [0.717, 1.165) is 6.42 Å². The highest BCUT2D eigenvalue weighted by Gasteiger charge is 2.11. The molecule has 0 rings (SSSR count). The summed E-state index contributed by atoms with van der Waals surface area (Å²) in [4.78, 5) is 0. The van der Waals surface area contributed by atoms with Gasteiger partial charge in [-0.25, -0.2) is 0 Å². The molecule has 1 nitrogen and oxygen atoms in total. The van der Waals surface area contributed by atoms with E-state index in [2.05, 4.69) is 13.8 Å². The summed E-state index contributed by atoms with van der Waals surface area (Å²) in [6, 6.07) is 0. The molecule has 0 bridgehead atoms. The Hall–Kier alpha value is 0.310. The molecule has 0 aromatic rings. The first-order valence-electron chi connectivity index (χ1n) is 4.98. The van der Waals surface area contributed by atoms with E-state index in [0.29, 0.717) is 5.92 Å². The monoisotopic (exact) mass is 190 g/mol. The van der Waals surface area contributed by atoms with Crippen LogP contribution in [-0.4, -0.2) is 22.7 Å². The Morgan fingerprint density at radius 1 is 1.33 bits per heavy atom. The summed E-state index contributed by atoms with van der Waals surface area (Å²) in [6.45, 7) is 6.25. The van der Waals surface area contributed by atoms with E-state index < -0.39 is 0 Å². The van der Waals surface area contributed by atoms with Gasteiger partial charge in [-0.2, -0.15) is 11.8 Å². The van der Waals surface area contributed by atoms with Crippen molar-refractivity contribution in [3.63, 3.8) is 0 Å². The minimum absolute atomic E-state index is 0.123. The SMILES string of the molecule is CCSCCCC(CC)C(C)O. The maximum Gasteiger partial charge on any atom is 0.0540 e. The first-order chi connectivity index (χ1) is 5.72. The number of aliphatic hydroxyl groups is 1. The molecule has 0 aliphatic rings. The van der Waals surface area contributed by atoms with Crippen molar-refractivity contribution in [2.24, 2.45) is 5.92 Å². The molecule has 0 aliphatic heterocycles. The Bertz CT molecular complexity index is 93.8. The van der Waals surface area contributed by atoms with Crippen molar-refractivity contribution in [3.8, 4) is 0 Å². The van der Waals surface area contributed by atoms with Crippen LogP contribution in [0.5, 0.6) is 0 Å². The van der Waals surface area contributed by atoms with Gasteiger partial charge in [-0.3, -0.25) is 0 Å².